The van der Waals surface area contributed by atoms with Gasteiger partial charge in [-0.3, -0.25) is 4.79 Å². The normalized spacial score (nSPS) is 10.2. The summed E-state index contributed by atoms with van der Waals surface area (Å²) < 4.78 is 5.72. The minimum atomic E-state index is -0.0615. The van der Waals surface area contributed by atoms with E-state index in [0.717, 1.165) is 5.56 Å². The first kappa shape index (κ1) is 10.4. The number of furan rings is 1. The van der Waals surface area contributed by atoms with Crippen molar-refractivity contribution in [2.24, 2.45) is 0 Å². The van der Waals surface area contributed by atoms with Crippen molar-refractivity contribution in [3.63, 3.8) is 0 Å². The third-order valence-corrected chi connectivity index (χ3v) is 2.96. The van der Waals surface area contributed by atoms with Crippen LogP contribution in [-0.4, -0.2) is 5.91 Å². The molecule has 2 rings (SSSR count). The van der Waals surface area contributed by atoms with Crippen LogP contribution in [0, 0.1) is 0 Å². The van der Waals surface area contributed by atoms with Crippen molar-refractivity contribution in [2.45, 2.75) is 6.54 Å². The first-order valence-corrected chi connectivity index (χ1v) is 6.02. The predicted molar refractivity (Wildman–Crippen MR) is 61.9 cm³/mol. The summed E-state index contributed by atoms with van der Waals surface area (Å²) in [5, 5.41) is 6.50. The van der Waals surface area contributed by atoms with Gasteiger partial charge in [0.25, 0.3) is 5.91 Å². The van der Waals surface area contributed by atoms with E-state index in [4.69, 9.17) is 4.42 Å². The molecule has 0 aliphatic heterocycles. The smallest absolute Gasteiger partial charge is 0.252 e. The van der Waals surface area contributed by atoms with E-state index in [9.17, 15) is 4.79 Å². The second-order valence-corrected chi connectivity index (χ2v) is 4.52. The molecule has 1 N–H and O–H groups in total. The standard InChI is InChI=1S/C10H8BrNO2S/c11-9-3-7(5-14-9)4-12-10(13)8-1-2-15-6-8/h1-3,5-6H,4H2,(H,12,13). The van der Waals surface area contributed by atoms with Crippen LogP contribution >= 0.6 is 27.3 Å². The summed E-state index contributed by atoms with van der Waals surface area (Å²) in [6.45, 7) is 0.476. The van der Waals surface area contributed by atoms with Gasteiger partial charge >= 0.3 is 0 Å². The summed E-state index contributed by atoms with van der Waals surface area (Å²) >= 11 is 4.71. The van der Waals surface area contributed by atoms with Gasteiger partial charge in [0.15, 0.2) is 4.67 Å². The molecule has 0 unspecified atom stereocenters. The average molecular weight is 286 g/mol. The average Bonchev–Trinajstić information content (AvgIpc) is 2.84. The van der Waals surface area contributed by atoms with Gasteiger partial charge in [-0.1, -0.05) is 0 Å². The van der Waals surface area contributed by atoms with Crippen LogP contribution in [0.2, 0.25) is 0 Å². The molecule has 0 aromatic carbocycles. The van der Waals surface area contributed by atoms with E-state index in [1.54, 1.807) is 12.3 Å². The first-order chi connectivity index (χ1) is 7.25. The molecule has 2 aromatic heterocycles. The van der Waals surface area contributed by atoms with Crippen molar-refractivity contribution >= 4 is 33.2 Å². The molecule has 0 fully saturated rings. The molecule has 2 aromatic rings. The van der Waals surface area contributed by atoms with Gasteiger partial charge in [-0.15, -0.1) is 0 Å². The number of hydrogen-bond acceptors (Lipinski definition) is 3. The third kappa shape index (κ3) is 2.70. The van der Waals surface area contributed by atoms with Crippen molar-refractivity contribution in [3.05, 3.63) is 45.0 Å². The Morgan fingerprint density at radius 2 is 2.47 bits per heavy atom. The second kappa shape index (κ2) is 4.63. The molecule has 0 saturated heterocycles. The number of carbonyl (C=O) groups is 1. The van der Waals surface area contributed by atoms with Crippen molar-refractivity contribution in [1.82, 2.24) is 5.32 Å². The van der Waals surface area contributed by atoms with Gasteiger partial charge in [-0.2, -0.15) is 11.3 Å². The largest absolute Gasteiger partial charge is 0.457 e. The maximum Gasteiger partial charge on any atom is 0.252 e. The van der Waals surface area contributed by atoms with Gasteiger partial charge in [0.1, 0.15) is 0 Å². The molecule has 0 bridgehead atoms. The highest BCUT2D eigenvalue weighted by Gasteiger charge is 2.05. The Morgan fingerprint density at radius 1 is 1.60 bits per heavy atom. The Labute approximate surface area is 99.2 Å². The molecule has 78 valence electrons. The number of carbonyl (C=O) groups excluding carboxylic acids is 1. The number of rotatable bonds is 3. The van der Waals surface area contributed by atoms with Crippen LogP contribution in [0.3, 0.4) is 0 Å². The van der Waals surface area contributed by atoms with Gasteiger partial charge < -0.3 is 9.73 Å². The maximum atomic E-state index is 11.5. The maximum absolute atomic E-state index is 11.5. The molecule has 1 amide bonds. The van der Waals surface area contributed by atoms with E-state index in [0.29, 0.717) is 16.8 Å². The lowest BCUT2D eigenvalue weighted by atomic mass is 10.3. The van der Waals surface area contributed by atoms with Gasteiger partial charge in [-0.25, -0.2) is 0 Å². The van der Waals surface area contributed by atoms with Gasteiger partial charge in [0.05, 0.1) is 6.26 Å². The van der Waals surface area contributed by atoms with E-state index in [-0.39, 0.29) is 5.91 Å². The molecule has 0 radical (unpaired) electrons. The molecule has 5 heteroatoms. The first-order valence-electron chi connectivity index (χ1n) is 4.29. The Bertz CT molecular complexity index is 450. The number of nitrogens with one attached hydrogen (secondary N) is 1. The highest BCUT2D eigenvalue weighted by atomic mass is 79.9. The zero-order valence-electron chi connectivity index (χ0n) is 7.70. The van der Waals surface area contributed by atoms with Gasteiger partial charge in [0, 0.05) is 23.1 Å². The fraction of sp³-hybridized carbons (Fsp3) is 0.100. The monoisotopic (exact) mass is 285 g/mol. The van der Waals surface area contributed by atoms with E-state index in [2.05, 4.69) is 21.2 Å². The lowest BCUT2D eigenvalue weighted by Gasteiger charge is -2.00. The minimum absolute atomic E-state index is 0.0615. The summed E-state index contributed by atoms with van der Waals surface area (Å²) in [4.78, 5) is 11.5. The van der Waals surface area contributed by atoms with Crippen LogP contribution in [0.25, 0.3) is 0 Å². The van der Waals surface area contributed by atoms with Crippen molar-refractivity contribution in [3.8, 4) is 0 Å². The number of hydrogen-bond donors (Lipinski definition) is 1. The van der Waals surface area contributed by atoms with Crippen LogP contribution < -0.4 is 5.32 Å². The van der Waals surface area contributed by atoms with Gasteiger partial charge in [-0.05, 0) is 33.4 Å². The molecule has 0 saturated carbocycles. The quantitative estimate of drug-likeness (QED) is 0.942. The molecule has 15 heavy (non-hydrogen) atoms. The summed E-state index contributed by atoms with van der Waals surface area (Å²) in [6, 6.07) is 3.62. The molecule has 3 nitrogen and oxygen atoms in total. The molecule has 0 aliphatic carbocycles. The lowest BCUT2D eigenvalue weighted by Crippen LogP contribution is -2.21. The Balaban J connectivity index is 1.91. The van der Waals surface area contributed by atoms with Crippen LogP contribution in [0.1, 0.15) is 15.9 Å². The topological polar surface area (TPSA) is 42.2 Å². The molecule has 0 atom stereocenters. The lowest BCUT2D eigenvalue weighted by molar-refractivity contribution is 0.0951. The van der Waals surface area contributed by atoms with Crippen LogP contribution in [0.15, 0.2) is 38.2 Å². The minimum Gasteiger partial charge on any atom is -0.457 e. The number of halogens is 1. The summed E-state index contributed by atoms with van der Waals surface area (Å²) in [5.41, 5.74) is 1.63. The van der Waals surface area contributed by atoms with Crippen molar-refractivity contribution in [2.75, 3.05) is 0 Å². The zero-order valence-corrected chi connectivity index (χ0v) is 10.1. The molecule has 2 heterocycles. The Kier molecular flexibility index (Phi) is 3.23. The van der Waals surface area contributed by atoms with E-state index in [1.165, 1.54) is 11.3 Å². The summed E-state index contributed by atoms with van der Waals surface area (Å²) in [7, 11) is 0. The number of thiophene rings is 1. The summed E-state index contributed by atoms with van der Waals surface area (Å²) in [6.07, 6.45) is 1.61. The molecular weight excluding hydrogens is 278 g/mol. The van der Waals surface area contributed by atoms with E-state index >= 15 is 0 Å². The summed E-state index contributed by atoms with van der Waals surface area (Å²) in [5.74, 6) is -0.0615. The Morgan fingerprint density at radius 3 is 3.07 bits per heavy atom. The zero-order chi connectivity index (χ0) is 10.7. The second-order valence-electron chi connectivity index (χ2n) is 2.95. The van der Waals surface area contributed by atoms with E-state index < -0.39 is 0 Å². The number of amides is 1. The van der Waals surface area contributed by atoms with E-state index in [1.807, 2.05) is 16.8 Å². The predicted octanol–water partition coefficient (Wildman–Crippen LogP) is 3.03. The Hall–Kier alpha value is -1.07. The third-order valence-electron chi connectivity index (χ3n) is 1.86. The highest BCUT2D eigenvalue weighted by Crippen LogP contribution is 2.14. The van der Waals surface area contributed by atoms with Crippen LogP contribution in [-0.2, 0) is 6.54 Å². The van der Waals surface area contributed by atoms with Crippen molar-refractivity contribution in [1.29, 1.82) is 0 Å². The molecular formula is C10H8BrNO2S. The fourth-order valence-corrected chi connectivity index (χ4v) is 2.14. The van der Waals surface area contributed by atoms with Gasteiger partial charge in [0.2, 0.25) is 0 Å². The SMILES string of the molecule is O=C(NCc1coc(Br)c1)c1ccsc1. The van der Waals surface area contributed by atoms with Crippen molar-refractivity contribution < 1.29 is 9.21 Å². The highest BCUT2D eigenvalue weighted by molar-refractivity contribution is 9.10. The fourth-order valence-electron chi connectivity index (χ4n) is 1.12. The van der Waals surface area contributed by atoms with Crippen LogP contribution in [0.5, 0.6) is 0 Å². The molecule has 0 aliphatic rings. The van der Waals surface area contributed by atoms with Crippen LogP contribution in [0.4, 0.5) is 0 Å². The molecule has 0 spiro atoms.